The molecule has 0 aliphatic heterocycles. The average molecular weight is 232 g/mol. The summed E-state index contributed by atoms with van der Waals surface area (Å²) < 4.78 is 0. The Balaban J connectivity index is 0. The van der Waals surface area contributed by atoms with Crippen molar-refractivity contribution in [3.63, 3.8) is 0 Å². The smallest absolute Gasteiger partial charge is 2.00 e. The predicted molar refractivity (Wildman–Crippen MR) is 2.75 cm³/mol. The minimum atomic E-state index is 0. The first kappa shape index (κ1) is 235. The first-order valence-corrected chi connectivity index (χ1v) is 0. The molecule has 7 heteroatoms. The fourth-order valence-electron chi connectivity index (χ4n) is 0. The molecule has 0 aromatic rings. The van der Waals surface area contributed by atoms with Crippen LogP contribution in [0.3, 0.4) is 0 Å². The van der Waals surface area contributed by atoms with Crippen molar-refractivity contribution < 1.29 is 73.1 Å². The standard InChI is InChI=1S/3Fe.4O/q3*+3;4*-2. The summed E-state index contributed by atoms with van der Waals surface area (Å²) in [6.07, 6.45) is 0. The summed E-state index contributed by atoms with van der Waals surface area (Å²) in [5.74, 6) is 0. The molecule has 0 saturated carbocycles. The first-order valence-electron chi connectivity index (χ1n) is 0. The third-order valence-corrected chi connectivity index (χ3v) is 0. The zero-order chi connectivity index (χ0) is 0. The molecular formula is Fe3O4+. The van der Waals surface area contributed by atoms with Crippen LogP contribution < -0.4 is 0 Å². The van der Waals surface area contributed by atoms with Crippen molar-refractivity contribution >= 4 is 0 Å². The summed E-state index contributed by atoms with van der Waals surface area (Å²) in [6.45, 7) is 0. The van der Waals surface area contributed by atoms with Crippen molar-refractivity contribution in [3.05, 3.63) is 0 Å². The van der Waals surface area contributed by atoms with Gasteiger partial charge in [0.2, 0.25) is 0 Å². The van der Waals surface area contributed by atoms with Crippen molar-refractivity contribution in [2.45, 2.75) is 0 Å². The van der Waals surface area contributed by atoms with Gasteiger partial charge in [-0.25, -0.2) is 0 Å². The first-order chi connectivity index (χ1) is 0. The fourth-order valence-corrected chi connectivity index (χ4v) is 0. The van der Waals surface area contributed by atoms with Gasteiger partial charge in [-0.2, -0.15) is 0 Å². The summed E-state index contributed by atoms with van der Waals surface area (Å²) in [5, 5.41) is 0. The van der Waals surface area contributed by atoms with E-state index in [0.717, 1.165) is 0 Å². The largest absolute Gasteiger partial charge is 3.00 e. The molecule has 0 aromatic heterocycles. The molecule has 0 bridgehead atoms. The monoisotopic (exact) mass is 232 g/mol. The Morgan fingerprint density at radius 1 is 0.286 bits per heavy atom. The molecule has 0 unspecified atom stereocenters. The van der Waals surface area contributed by atoms with E-state index in [4.69, 9.17) is 0 Å². The Bertz CT molecular complexity index is 6.90. The van der Waals surface area contributed by atoms with E-state index in [1.165, 1.54) is 0 Å². The van der Waals surface area contributed by atoms with Crippen molar-refractivity contribution in [1.82, 2.24) is 0 Å². The molecule has 47 valence electrons. The van der Waals surface area contributed by atoms with E-state index in [1.54, 1.807) is 0 Å². The summed E-state index contributed by atoms with van der Waals surface area (Å²) in [4.78, 5) is 0. The Morgan fingerprint density at radius 2 is 0.286 bits per heavy atom. The topological polar surface area (TPSA) is 114 Å². The zero-order valence-electron chi connectivity index (χ0n) is 2.69. The van der Waals surface area contributed by atoms with E-state index in [9.17, 15) is 0 Å². The van der Waals surface area contributed by atoms with E-state index in [0.29, 0.717) is 0 Å². The second-order valence-electron chi connectivity index (χ2n) is 0. The van der Waals surface area contributed by atoms with Gasteiger partial charge < -0.3 is 21.9 Å². The summed E-state index contributed by atoms with van der Waals surface area (Å²) >= 11 is 0. The van der Waals surface area contributed by atoms with Crippen molar-refractivity contribution in [1.29, 1.82) is 0 Å². The van der Waals surface area contributed by atoms with Gasteiger partial charge in [0.1, 0.15) is 0 Å². The summed E-state index contributed by atoms with van der Waals surface area (Å²) in [7, 11) is 0. The maximum absolute atomic E-state index is 0. The molecular weight excluding hydrogens is 232 g/mol. The normalized spacial score (nSPS) is 0. The summed E-state index contributed by atoms with van der Waals surface area (Å²) in [6, 6.07) is 0. The molecule has 0 aliphatic rings. The van der Waals surface area contributed by atoms with E-state index in [2.05, 4.69) is 0 Å². The van der Waals surface area contributed by atoms with Crippen LogP contribution in [-0.4, -0.2) is 0 Å². The van der Waals surface area contributed by atoms with Crippen LogP contribution in [0.5, 0.6) is 0 Å². The van der Waals surface area contributed by atoms with E-state index >= 15 is 0 Å². The Kier molecular flexibility index (Phi) is 5200. The van der Waals surface area contributed by atoms with Gasteiger partial charge in [-0.3, -0.25) is 0 Å². The molecule has 0 heterocycles. The van der Waals surface area contributed by atoms with Crippen molar-refractivity contribution in [2.75, 3.05) is 0 Å². The third-order valence-electron chi connectivity index (χ3n) is 0. The molecule has 0 rings (SSSR count). The average Bonchev–Trinajstić information content (AvgIpc) is 0. The Labute approximate surface area is 73.1 Å². The minimum Gasteiger partial charge on any atom is -2.00 e. The minimum absolute atomic E-state index is 0. The van der Waals surface area contributed by atoms with Gasteiger partial charge in [0.15, 0.2) is 0 Å². The molecule has 3 radical (unpaired) electrons. The number of hydrogen-bond donors (Lipinski definition) is 0. The maximum Gasteiger partial charge on any atom is 3.00 e. The van der Waals surface area contributed by atoms with Crippen LogP contribution in [0.15, 0.2) is 0 Å². The van der Waals surface area contributed by atoms with Gasteiger partial charge in [-0.05, 0) is 0 Å². The summed E-state index contributed by atoms with van der Waals surface area (Å²) in [5.41, 5.74) is 0. The van der Waals surface area contributed by atoms with E-state index in [-0.39, 0.29) is 73.1 Å². The maximum atomic E-state index is 0. The van der Waals surface area contributed by atoms with Crippen LogP contribution >= 0.6 is 0 Å². The third kappa shape index (κ3) is 110. The van der Waals surface area contributed by atoms with Crippen LogP contribution in [0.1, 0.15) is 0 Å². The molecule has 0 aliphatic carbocycles. The van der Waals surface area contributed by atoms with Crippen LogP contribution in [0.2, 0.25) is 0 Å². The van der Waals surface area contributed by atoms with E-state index in [1.807, 2.05) is 0 Å². The molecule has 0 atom stereocenters. The second-order valence-corrected chi connectivity index (χ2v) is 0. The van der Waals surface area contributed by atoms with Crippen LogP contribution in [0.4, 0.5) is 0 Å². The second kappa shape index (κ2) is 155. The fraction of sp³-hybridized carbons (Fsp3) is 0. The molecule has 0 aromatic carbocycles. The quantitative estimate of drug-likeness (QED) is 0.501. The molecule has 0 saturated heterocycles. The Morgan fingerprint density at radius 3 is 0.286 bits per heavy atom. The predicted octanol–water partition coefficient (Wildman–Crippen LogP) is -0.483. The van der Waals surface area contributed by atoms with Crippen LogP contribution in [0.25, 0.3) is 0 Å². The van der Waals surface area contributed by atoms with Crippen molar-refractivity contribution in [2.24, 2.45) is 0 Å². The molecule has 0 amide bonds. The SMILES string of the molecule is [Fe+3].[Fe+3].[Fe+3].[O-2].[O-2].[O-2].[O-2]. The van der Waals surface area contributed by atoms with Crippen molar-refractivity contribution in [3.8, 4) is 0 Å². The molecule has 4 nitrogen and oxygen atoms in total. The molecule has 0 N–H and O–H groups in total. The molecule has 7 heavy (non-hydrogen) atoms. The van der Waals surface area contributed by atoms with Gasteiger partial charge in [-0.1, -0.05) is 0 Å². The number of hydrogen-bond acceptors (Lipinski definition) is 0. The molecule has 0 fully saturated rings. The van der Waals surface area contributed by atoms with Gasteiger partial charge >= 0.3 is 51.2 Å². The van der Waals surface area contributed by atoms with Gasteiger partial charge in [-0.15, -0.1) is 0 Å². The zero-order valence-corrected chi connectivity index (χ0v) is 6.01. The number of rotatable bonds is 0. The van der Waals surface area contributed by atoms with Crippen LogP contribution in [-0.2, 0) is 73.1 Å². The van der Waals surface area contributed by atoms with Gasteiger partial charge in [0.25, 0.3) is 0 Å². The van der Waals surface area contributed by atoms with E-state index < -0.39 is 0 Å². The van der Waals surface area contributed by atoms with Gasteiger partial charge in [0, 0.05) is 0 Å². The van der Waals surface area contributed by atoms with Crippen LogP contribution in [0, 0.1) is 0 Å². The molecule has 0 spiro atoms. The van der Waals surface area contributed by atoms with Gasteiger partial charge in [0.05, 0.1) is 0 Å². The Hall–Kier alpha value is 1.40.